The number of carbonyl (C=O) groups is 1. The Balaban J connectivity index is 2.31. The molecule has 94 valence electrons. The molecule has 0 aliphatic carbocycles. The summed E-state index contributed by atoms with van der Waals surface area (Å²) in [7, 11) is 0. The van der Waals surface area contributed by atoms with Crippen molar-refractivity contribution in [2.45, 2.75) is 31.1 Å². The van der Waals surface area contributed by atoms with Crippen LogP contribution in [0.25, 0.3) is 0 Å². The lowest BCUT2D eigenvalue weighted by Crippen LogP contribution is -2.00. The molecular weight excluding hydrogens is 232 g/mol. The molecule has 0 spiro atoms. The zero-order chi connectivity index (χ0) is 12.5. The highest BCUT2D eigenvalue weighted by Gasteiger charge is 2.05. The molecule has 0 fully saturated rings. The van der Waals surface area contributed by atoms with E-state index < -0.39 is 0 Å². The zero-order valence-corrected chi connectivity index (χ0v) is 11.4. The lowest BCUT2D eigenvalue weighted by atomic mass is 10.1. The summed E-state index contributed by atoms with van der Waals surface area (Å²) >= 11 is 1.69. The summed E-state index contributed by atoms with van der Waals surface area (Å²) in [5.74, 6) is 0.231. The molecule has 0 N–H and O–H groups in total. The standard InChI is InChI=1S/C14H20O2S/c1-3-16-11-5-4-6-14(15)12-7-9-13(17-2)10-8-12/h7-10H,3-6,11H2,1-2H3. The van der Waals surface area contributed by atoms with Gasteiger partial charge in [-0.15, -0.1) is 11.8 Å². The average Bonchev–Trinajstić information content (AvgIpc) is 2.38. The highest BCUT2D eigenvalue weighted by Crippen LogP contribution is 2.16. The van der Waals surface area contributed by atoms with E-state index in [1.165, 1.54) is 4.90 Å². The van der Waals surface area contributed by atoms with Crippen molar-refractivity contribution in [1.29, 1.82) is 0 Å². The molecule has 0 aliphatic heterocycles. The second-order valence-electron chi connectivity index (χ2n) is 3.81. The number of hydrogen-bond donors (Lipinski definition) is 0. The molecule has 0 saturated heterocycles. The third kappa shape index (κ3) is 5.37. The second-order valence-corrected chi connectivity index (χ2v) is 4.69. The molecule has 0 heterocycles. The molecule has 0 saturated carbocycles. The number of Topliss-reactive ketones (excluding diaryl/α,β-unsaturated/α-hetero) is 1. The first-order chi connectivity index (χ1) is 8.27. The summed E-state index contributed by atoms with van der Waals surface area (Å²) in [5.41, 5.74) is 0.819. The van der Waals surface area contributed by atoms with Crippen LogP contribution in [0.5, 0.6) is 0 Å². The third-order valence-corrected chi connectivity index (χ3v) is 3.30. The Morgan fingerprint density at radius 3 is 2.53 bits per heavy atom. The Kier molecular flexibility index (Phi) is 6.97. The minimum Gasteiger partial charge on any atom is -0.382 e. The Hall–Kier alpha value is -0.800. The first-order valence-electron chi connectivity index (χ1n) is 6.03. The number of unbranched alkanes of at least 4 members (excludes halogenated alkanes) is 1. The van der Waals surface area contributed by atoms with Crippen LogP contribution in [0, 0.1) is 0 Å². The van der Waals surface area contributed by atoms with Gasteiger partial charge in [0.1, 0.15) is 0 Å². The van der Waals surface area contributed by atoms with Gasteiger partial charge in [-0.2, -0.15) is 0 Å². The van der Waals surface area contributed by atoms with Gasteiger partial charge >= 0.3 is 0 Å². The van der Waals surface area contributed by atoms with E-state index in [0.717, 1.165) is 31.6 Å². The number of benzene rings is 1. The van der Waals surface area contributed by atoms with E-state index in [-0.39, 0.29) is 5.78 Å². The van der Waals surface area contributed by atoms with Crippen LogP contribution in [-0.4, -0.2) is 25.3 Å². The lowest BCUT2D eigenvalue weighted by molar-refractivity contribution is 0.0970. The monoisotopic (exact) mass is 252 g/mol. The van der Waals surface area contributed by atoms with Gasteiger partial charge in [0, 0.05) is 30.1 Å². The summed E-state index contributed by atoms with van der Waals surface area (Å²) < 4.78 is 5.24. The minimum absolute atomic E-state index is 0.231. The van der Waals surface area contributed by atoms with Crippen molar-refractivity contribution in [2.24, 2.45) is 0 Å². The Labute approximate surface area is 108 Å². The highest BCUT2D eigenvalue weighted by atomic mass is 32.2. The molecule has 0 aromatic heterocycles. The van der Waals surface area contributed by atoms with Crippen LogP contribution >= 0.6 is 11.8 Å². The smallest absolute Gasteiger partial charge is 0.162 e. The van der Waals surface area contributed by atoms with Crippen LogP contribution in [0.4, 0.5) is 0 Å². The number of ketones is 1. The molecular formula is C14H20O2S. The molecule has 0 radical (unpaired) electrons. The predicted octanol–water partition coefficient (Wildman–Crippen LogP) is 3.80. The fraction of sp³-hybridized carbons (Fsp3) is 0.500. The van der Waals surface area contributed by atoms with Crippen LogP contribution in [-0.2, 0) is 4.74 Å². The Bertz CT molecular complexity index is 333. The lowest BCUT2D eigenvalue weighted by Gasteiger charge is -2.03. The van der Waals surface area contributed by atoms with Crippen molar-refractivity contribution in [3.63, 3.8) is 0 Å². The van der Waals surface area contributed by atoms with Gasteiger partial charge in [-0.25, -0.2) is 0 Å². The summed E-state index contributed by atoms with van der Waals surface area (Å²) in [5, 5.41) is 0. The van der Waals surface area contributed by atoms with Crippen molar-refractivity contribution < 1.29 is 9.53 Å². The summed E-state index contributed by atoms with van der Waals surface area (Å²) in [6.07, 6.45) is 4.52. The molecule has 0 amide bonds. The normalized spacial score (nSPS) is 10.5. The SMILES string of the molecule is CCOCCCCC(=O)c1ccc(SC)cc1. The number of carbonyl (C=O) groups excluding carboxylic acids is 1. The van der Waals surface area contributed by atoms with Crippen molar-refractivity contribution in [2.75, 3.05) is 19.5 Å². The number of thioether (sulfide) groups is 1. The predicted molar refractivity (Wildman–Crippen MR) is 72.9 cm³/mol. The van der Waals surface area contributed by atoms with Gasteiger partial charge in [0.15, 0.2) is 5.78 Å². The second kappa shape index (κ2) is 8.31. The van der Waals surface area contributed by atoms with E-state index >= 15 is 0 Å². The van der Waals surface area contributed by atoms with E-state index in [2.05, 4.69) is 0 Å². The molecule has 1 aromatic rings. The van der Waals surface area contributed by atoms with Gasteiger partial charge < -0.3 is 4.74 Å². The quantitative estimate of drug-likeness (QED) is 0.400. The number of hydrogen-bond acceptors (Lipinski definition) is 3. The molecule has 0 aliphatic rings. The molecule has 1 aromatic carbocycles. The molecule has 2 nitrogen and oxygen atoms in total. The maximum atomic E-state index is 11.8. The van der Waals surface area contributed by atoms with Crippen molar-refractivity contribution in [3.8, 4) is 0 Å². The van der Waals surface area contributed by atoms with Gasteiger partial charge in [0.2, 0.25) is 0 Å². The fourth-order valence-corrected chi connectivity index (χ4v) is 1.96. The summed E-state index contributed by atoms with van der Waals surface area (Å²) in [4.78, 5) is 13.0. The van der Waals surface area contributed by atoms with Crippen LogP contribution in [0.3, 0.4) is 0 Å². The van der Waals surface area contributed by atoms with Crippen LogP contribution in [0.2, 0.25) is 0 Å². The van der Waals surface area contributed by atoms with Gasteiger partial charge in [0.25, 0.3) is 0 Å². The van der Waals surface area contributed by atoms with E-state index in [1.807, 2.05) is 37.4 Å². The fourth-order valence-electron chi connectivity index (χ4n) is 1.56. The summed E-state index contributed by atoms with van der Waals surface area (Å²) in [6, 6.07) is 7.82. The third-order valence-electron chi connectivity index (χ3n) is 2.56. The number of rotatable bonds is 8. The van der Waals surface area contributed by atoms with E-state index in [9.17, 15) is 4.79 Å². The van der Waals surface area contributed by atoms with Crippen molar-refractivity contribution >= 4 is 17.5 Å². The molecule has 0 unspecified atom stereocenters. The Morgan fingerprint density at radius 2 is 1.94 bits per heavy atom. The molecule has 1 rings (SSSR count). The van der Waals surface area contributed by atoms with Crippen molar-refractivity contribution in [1.82, 2.24) is 0 Å². The minimum atomic E-state index is 0.231. The molecule has 0 atom stereocenters. The van der Waals surface area contributed by atoms with Crippen molar-refractivity contribution in [3.05, 3.63) is 29.8 Å². The van der Waals surface area contributed by atoms with E-state index in [1.54, 1.807) is 11.8 Å². The van der Waals surface area contributed by atoms with Crippen LogP contribution in [0.15, 0.2) is 29.2 Å². The first kappa shape index (κ1) is 14.3. The van der Waals surface area contributed by atoms with Crippen LogP contribution in [0.1, 0.15) is 36.5 Å². The van der Waals surface area contributed by atoms with E-state index in [0.29, 0.717) is 6.42 Å². The summed E-state index contributed by atoms with van der Waals surface area (Å²) in [6.45, 7) is 3.50. The maximum absolute atomic E-state index is 11.8. The molecule has 17 heavy (non-hydrogen) atoms. The first-order valence-corrected chi connectivity index (χ1v) is 7.25. The molecule has 0 bridgehead atoms. The van der Waals surface area contributed by atoms with Crippen LogP contribution < -0.4 is 0 Å². The number of ether oxygens (including phenoxy) is 1. The van der Waals surface area contributed by atoms with Gasteiger partial charge in [0.05, 0.1) is 0 Å². The van der Waals surface area contributed by atoms with Gasteiger partial charge in [-0.3, -0.25) is 4.79 Å². The van der Waals surface area contributed by atoms with E-state index in [4.69, 9.17) is 4.74 Å². The topological polar surface area (TPSA) is 26.3 Å². The van der Waals surface area contributed by atoms with Gasteiger partial charge in [-0.1, -0.05) is 12.1 Å². The van der Waals surface area contributed by atoms with Gasteiger partial charge in [-0.05, 0) is 38.2 Å². The molecule has 3 heteroatoms. The highest BCUT2D eigenvalue weighted by molar-refractivity contribution is 7.98. The largest absolute Gasteiger partial charge is 0.382 e. The average molecular weight is 252 g/mol. The zero-order valence-electron chi connectivity index (χ0n) is 10.6. The maximum Gasteiger partial charge on any atom is 0.162 e. The Morgan fingerprint density at radius 1 is 1.24 bits per heavy atom.